The van der Waals surface area contributed by atoms with Gasteiger partial charge in [-0.25, -0.2) is 0 Å². The maximum absolute atomic E-state index is 13.0. The lowest BCUT2D eigenvalue weighted by molar-refractivity contribution is -0.155. The number of thioether (sulfide) groups is 1. The van der Waals surface area contributed by atoms with E-state index in [0.717, 1.165) is 10.8 Å². The minimum Gasteiger partial charge on any atom is -0.434 e. The van der Waals surface area contributed by atoms with Crippen molar-refractivity contribution in [3.05, 3.63) is 48.0 Å². The summed E-state index contributed by atoms with van der Waals surface area (Å²) in [6.07, 6.45) is -1.52. The van der Waals surface area contributed by atoms with Crippen LogP contribution in [0.15, 0.2) is 42.5 Å². The third kappa shape index (κ3) is 5.03. The second kappa shape index (κ2) is 9.58. The van der Waals surface area contributed by atoms with Gasteiger partial charge < -0.3 is 25.4 Å². The van der Waals surface area contributed by atoms with E-state index < -0.39 is 30.3 Å². The summed E-state index contributed by atoms with van der Waals surface area (Å²) in [6.45, 7) is 0.112. The molecule has 2 aromatic rings. The largest absolute Gasteiger partial charge is 0.434 e. The predicted molar refractivity (Wildman–Crippen MR) is 118 cm³/mol. The Morgan fingerprint density at radius 2 is 1.91 bits per heavy atom. The van der Waals surface area contributed by atoms with Crippen LogP contribution in [0.1, 0.15) is 16.8 Å². The van der Waals surface area contributed by atoms with Crippen molar-refractivity contribution in [1.82, 2.24) is 15.5 Å². The Kier molecular flexibility index (Phi) is 6.61. The first-order valence-electron chi connectivity index (χ1n) is 10.2. The molecule has 0 aliphatic carbocycles. The first kappa shape index (κ1) is 22.1. The van der Waals surface area contributed by atoms with E-state index in [4.69, 9.17) is 0 Å². The summed E-state index contributed by atoms with van der Waals surface area (Å²) in [4.78, 5) is 50.8. The number of fused-ring (bicyclic) bond motifs is 1. The van der Waals surface area contributed by atoms with Crippen molar-refractivity contribution in [3.8, 4) is 0 Å². The molecule has 2 aliphatic heterocycles. The maximum atomic E-state index is 13.0. The number of benzene rings is 2. The average Bonchev–Trinajstić information content (AvgIpc) is 2.99. The summed E-state index contributed by atoms with van der Waals surface area (Å²) in [7, 11) is 0. The van der Waals surface area contributed by atoms with Gasteiger partial charge in [0.15, 0.2) is 0 Å². The van der Waals surface area contributed by atoms with Crippen LogP contribution in [0.25, 0.3) is 10.8 Å². The molecule has 10 heteroatoms. The van der Waals surface area contributed by atoms with Crippen LogP contribution in [0.2, 0.25) is 0 Å². The quantitative estimate of drug-likeness (QED) is 0.550. The van der Waals surface area contributed by atoms with Gasteiger partial charge in [0.25, 0.3) is 5.91 Å². The minimum atomic E-state index is -1.39. The molecule has 32 heavy (non-hydrogen) atoms. The van der Waals surface area contributed by atoms with Crippen molar-refractivity contribution < 1.29 is 29.0 Å². The van der Waals surface area contributed by atoms with Crippen LogP contribution >= 0.6 is 11.8 Å². The SMILES string of the molecule is O=C(CN1CCSC[C@H](NC(=O)c2ccc3ccccc3c2)C1=O)N[C@H]1CC(=O)OC1O. The molecule has 1 unspecified atom stereocenters. The number of amides is 3. The molecule has 9 nitrogen and oxygen atoms in total. The summed E-state index contributed by atoms with van der Waals surface area (Å²) in [5, 5.41) is 16.9. The molecule has 3 N–H and O–H groups in total. The molecule has 3 amide bonds. The van der Waals surface area contributed by atoms with Gasteiger partial charge in [0.1, 0.15) is 12.1 Å². The van der Waals surface area contributed by atoms with Gasteiger partial charge in [-0.05, 0) is 22.9 Å². The summed E-state index contributed by atoms with van der Waals surface area (Å²) in [6, 6.07) is 11.4. The Morgan fingerprint density at radius 3 is 2.66 bits per heavy atom. The Bertz CT molecular complexity index is 1060. The molecular formula is C22H23N3O6S. The van der Waals surface area contributed by atoms with Crippen LogP contribution < -0.4 is 10.6 Å². The number of nitrogens with one attached hydrogen (secondary N) is 2. The van der Waals surface area contributed by atoms with Crippen molar-refractivity contribution in [2.45, 2.75) is 24.8 Å². The van der Waals surface area contributed by atoms with Crippen molar-refractivity contribution in [2.75, 3.05) is 24.6 Å². The van der Waals surface area contributed by atoms with E-state index in [2.05, 4.69) is 15.4 Å². The first-order valence-corrected chi connectivity index (χ1v) is 11.4. The van der Waals surface area contributed by atoms with E-state index >= 15 is 0 Å². The number of aliphatic hydroxyl groups excluding tert-OH is 1. The van der Waals surface area contributed by atoms with Crippen LogP contribution in [0.3, 0.4) is 0 Å². The standard InChI is InChI=1S/C22H23N3O6S/c26-18(23-16-10-19(27)31-22(16)30)11-25-7-8-32-12-17(21(25)29)24-20(28)15-6-5-13-3-1-2-4-14(13)9-15/h1-6,9,16-17,22,30H,7-8,10-12H2,(H,23,26)(H,24,28)/t16-,17-,22?/m0/s1. The van der Waals surface area contributed by atoms with Gasteiger partial charge in [0, 0.05) is 23.6 Å². The highest BCUT2D eigenvalue weighted by Crippen LogP contribution is 2.17. The third-order valence-corrected chi connectivity index (χ3v) is 6.42. The van der Waals surface area contributed by atoms with E-state index in [1.807, 2.05) is 30.3 Å². The second-order valence-electron chi connectivity index (χ2n) is 7.68. The van der Waals surface area contributed by atoms with Gasteiger partial charge in [-0.15, -0.1) is 0 Å². The number of carbonyl (C=O) groups is 4. The summed E-state index contributed by atoms with van der Waals surface area (Å²) in [5.74, 6) is -0.785. The number of rotatable bonds is 5. The summed E-state index contributed by atoms with van der Waals surface area (Å²) in [5.41, 5.74) is 0.454. The fraction of sp³-hybridized carbons (Fsp3) is 0.364. The summed E-state index contributed by atoms with van der Waals surface area (Å²) >= 11 is 1.52. The normalized spacial score (nSPS) is 23.5. The highest BCUT2D eigenvalue weighted by Gasteiger charge is 2.35. The predicted octanol–water partition coefficient (Wildman–Crippen LogP) is 0.264. The van der Waals surface area contributed by atoms with Crippen LogP contribution in [-0.4, -0.2) is 76.7 Å². The lowest BCUT2D eigenvalue weighted by Gasteiger charge is -2.25. The third-order valence-electron chi connectivity index (χ3n) is 5.38. The molecule has 0 bridgehead atoms. The molecule has 168 valence electrons. The molecule has 0 saturated carbocycles. The average molecular weight is 458 g/mol. The molecule has 2 heterocycles. The zero-order chi connectivity index (χ0) is 22.7. The lowest BCUT2D eigenvalue weighted by Crippen LogP contribution is -2.52. The molecule has 2 saturated heterocycles. The van der Waals surface area contributed by atoms with Gasteiger partial charge in [0.2, 0.25) is 18.1 Å². The van der Waals surface area contributed by atoms with Gasteiger partial charge >= 0.3 is 5.97 Å². The van der Waals surface area contributed by atoms with Crippen molar-refractivity contribution >= 4 is 46.2 Å². The van der Waals surface area contributed by atoms with Crippen LogP contribution in [0, 0.1) is 0 Å². The molecule has 2 aliphatic rings. The number of cyclic esters (lactones) is 1. The number of hydrogen-bond acceptors (Lipinski definition) is 7. The summed E-state index contributed by atoms with van der Waals surface area (Å²) < 4.78 is 4.61. The van der Waals surface area contributed by atoms with E-state index in [1.165, 1.54) is 16.7 Å². The fourth-order valence-corrected chi connectivity index (χ4v) is 4.68. The number of ether oxygens (including phenoxy) is 1. The molecule has 2 aromatic carbocycles. The van der Waals surface area contributed by atoms with Crippen molar-refractivity contribution in [3.63, 3.8) is 0 Å². The molecule has 3 atom stereocenters. The first-order chi connectivity index (χ1) is 15.4. The van der Waals surface area contributed by atoms with Gasteiger partial charge in [-0.1, -0.05) is 30.3 Å². The number of aliphatic hydroxyl groups is 1. The Labute approximate surface area is 188 Å². The number of nitrogens with zero attached hydrogens (tertiary/aromatic N) is 1. The topological polar surface area (TPSA) is 125 Å². The number of carbonyl (C=O) groups excluding carboxylic acids is 4. The van der Waals surface area contributed by atoms with Crippen molar-refractivity contribution in [1.29, 1.82) is 0 Å². The van der Waals surface area contributed by atoms with Gasteiger partial charge in [0.05, 0.1) is 13.0 Å². The zero-order valence-corrected chi connectivity index (χ0v) is 18.0. The minimum absolute atomic E-state index is 0.124. The second-order valence-corrected chi connectivity index (χ2v) is 8.83. The Balaban J connectivity index is 1.39. The zero-order valence-electron chi connectivity index (χ0n) is 17.2. The number of esters is 1. The molecule has 0 aromatic heterocycles. The highest BCUT2D eigenvalue weighted by atomic mass is 32.2. The molecule has 2 fully saturated rings. The maximum Gasteiger partial charge on any atom is 0.310 e. The highest BCUT2D eigenvalue weighted by molar-refractivity contribution is 7.99. The van der Waals surface area contributed by atoms with E-state index in [0.29, 0.717) is 23.6 Å². The van der Waals surface area contributed by atoms with E-state index in [1.54, 1.807) is 12.1 Å². The molecule has 0 radical (unpaired) electrons. The fourth-order valence-electron chi connectivity index (χ4n) is 3.70. The number of hydrogen-bond donors (Lipinski definition) is 3. The van der Waals surface area contributed by atoms with Crippen LogP contribution in [0.4, 0.5) is 0 Å². The van der Waals surface area contributed by atoms with E-state index in [-0.39, 0.29) is 24.8 Å². The monoisotopic (exact) mass is 457 g/mol. The van der Waals surface area contributed by atoms with Crippen molar-refractivity contribution in [2.24, 2.45) is 0 Å². The van der Waals surface area contributed by atoms with Gasteiger partial charge in [-0.2, -0.15) is 11.8 Å². The molecular weight excluding hydrogens is 434 g/mol. The Morgan fingerprint density at radius 1 is 1.12 bits per heavy atom. The smallest absolute Gasteiger partial charge is 0.310 e. The van der Waals surface area contributed by atoms with Gasteiger partial charge in [-0.3, -0.25) is 19.2 Å². The van der Waals surface area contributed by atoms with E-state index in [9.17, 15) is 24.3 Å². The van der Waals surface area contributed by atoms with Crippen LogP contribution in [0.5, 0.6) is 0 Å². The molecule has 4 rings (SSSR count). The lowest BCUT2D eigenvalue weighted by atomic mass is 10.1. The molecule has 0 spiro atoms. The Hall–Kier alpha value is -3.11. The van der Waals surface area contributed by atoms with Crippen LogP contribution in [-0.2, 0) is 19.1 Å².